The molecule has 0 spiro atoms. The predicted octanol–water partition coefficient (Wildman–Crippen LogP) is 5.27. The van der Waals surface area contributed by atoms with Gasteiger partial charge in [0.25, 0.3) is 11.7 Å². The summed E-state index contributed by atoms with van der Waals surface area (Å²) in [6, 6.07) is 9.80. The summed E-state index contributed by atoms with van der Waals surface area (Å²) in [5.41, 5.74) is 2.01. The van der Waals surface area contributed by atoms with Crippen molar-refractivity contribution in [2.75, 3.05) is 27.4 Å². The van der Waals surface area contributed by atoms with Crippen molar-refractivity contribution >= 4 is 17.4 Å². The molecule has 0 aromatic heterocycles. The number of amides is 1. The van der Waals surface area contributed by atoms with Gasteiger partial charge in [0.05, 0.1) is 32.4 Å². The first-order valence-corrected chi connectivity index (χ1v) is 12.0. The van der Waals surface area contributed by atoms with Gasteiger partial charge in [-0.15, -0.1) is 0 Å². The Hall–Kier alpha value is -3.48. The van der Waals surface area contributed by atoms with Crippen LogP contribution in [0, 0.1) is 12.8 Å². The average molecular weight is 482 g/mol. The summed E-state index contributed by atoms with van der Waals surface area (Å²) in [4.78, 5) is 27.8. The van der Waals surface area contributed by atoms with Gasteiger partial charge in [-0.25, -0.2) is 0 Å². The predicted molar refractivity (Wildman–Crippen MR) is 135 cm³/mol. The molecule has 0 bridgehead atoms. The van der Waals surface area contributed by atoms with E-state index in [1.54, 1.807) is 43.5 Å². The van der Waals surface area contributed by atoms with Crippen molar-refractivity contribution in [1.82, 2.24) is 4.90 Å². The summed E-state index contributed by atoms with van der Waals surface area (Å²) in [6.45, 7) is 9.03. The molecular weight excluding hydrogens is 446 g/mol. The van der Waals surface area contributed by atoms with Crippen molar-refractivity contribution in [2.24, 2.45) is 5.92 Å². The van der Waals surface area contributed by atoms with Gasteiger partial charge in [0.15, 0.2) is 11.5 Å². The standard InChI is InChI=1S/C28H35NO6/c1-7-8-13-29-25(19-9-12-22(33-5)23(15-19)34-6)24(27(31)28(29)32)26(30)20-10-11-21(18(4)14-20)35-16-17(2)3/h9-12,14-15,17,25,30H,7-8,13,16H2,1-6H3/b26-24-. The molecule has 1 aliphatic rings. The van der Waals surface area contributed by atoms with Crippen molar-refractivity contribution in [3.05, 3.63) is 58.7 Å². The van der Waals surface area contributed by atoms with Crippen molar-refractivity contribution in [1.29, 1.82) is 0 Å². The van der Waals surface area contributed by atoms with Crippen LogP contribution in [0.25, 0.3) is 5.76 Å². The van der Waals surface area contributed by atoms with Gasteiger partial charge in [0.2, 0.25) is 0 Å². The van der Waals surface area contributed by atoms with E-state index in [-0.39, 0.29) is 11.3 Å². The lowest BCUT2D eigenvalue weighted by Gasteiger charge is -2.26. The molecule has 3 rings (SSSR count). The molecule has 1 saturated heterocycles. The molecule has 188 valence electrons. The lowest BCUT2D eigenvalue weighted by atomic mass is 9.94. The van der Waals surface area contributed by atoms with Crippen molar-refractivity contribution in [3.63, 3.8) is 0 Å². The maximum Gasteiger partial charge on any atom is 0.295 e. The molecule has 1 N–H and O–H groups in total. The van der Waals surface area contributed by atoms with Crippen LogP contribution < -0.4 is 14.2 Å². The van der Waals surface area contributed by atoms with E-state index in [0.29, 0.717) is 41.7 Å². The number of benzene rings is 2. The number of hydrogen-bond donors (Lipinski definition) is 1. The molecular formula is C28H35NO6. The van der Waals surface area contributed by atoms with Crippen LogP contribution >= 0.6 is 0 Å². The van der Waals surface area contributed by atoms with E-state index in [1.807, 2.05) is 13.8 Å². The summed E-state index contributed by atoms with van der Waals surface area (Å²) in [5.74, 6) is 0.589. The van der Waals surface area contributed by atoms with E-state index in [0.717, 1.165) is 24.2 Å². The first kappa shape index (κ1) is 26.1. The highest BCUT2D eigenvalue weighted by Gasteiger charge is 2.46. The Bertz CT molecular complexity index is 1120. The lowest BCUT2D eigenvalue weighted by molar-refractivity contribution is -0.139. The van der Waals surface area contributed by atoms with Crippen LogP contribution in [0.15, 0.2) is 42.0 Å². The molecule has 2 aromatic carbocycles. The fraction of sp³-hybridized carbons (Fsp3) is 0.429. The van der Waals surface area contributed by atoms with E-state index < -0.39 is 17.7 Å². The molecule has 1 aliphatic heterocycles. The SMILES string of the molecule is CCCCN1C(=O)C(=O)/C(=C(\O)c2ccc(OCC(C)C)c(C)c2)C1c1ccc(OC)c(OC)c1. The molecule has 1 unspecified atom stereocenters. The van der Waals surface area contributed by atoms with Gasteiger partial charge in [-0.1, -0.05) is 33.3 Å². The van der Waals surface area contributed by atoms with Crippen molar-refractivity contribution in [2.45, 2.75) is 46.6 Å². The van der Waals surface area contributed by atoms with Crippen LogP contribution in [0.3, 0.4) is 0 Å². The minimum atomic E-state index is -0.737. The molecule has 0 radical (unpaired) electrons. The van der Waals surface area contributed by atoms with E-state index in [2.05, 4.69) is 13.8 Å². The number of carbonyl (C=O) groups excluding carboxylic acids is 2. The van der Waals surface area contributed by atoms with Crippen molar-refractivity contribution in [3.8, 4) is 17.2 Å². The Morgan fingerprint density at radius 2 is 1.71 bits per heavy atom. The number of nitrogens with zero attached hydrogens (tertiary/aromatic N) is 1. The highest BCUT2D eigenvalue weighted by molar-refractivity contribution is 6.46. The second-order valence-electron chi connectivity index (χ2n) is 9.15. The molecule has 7 nitrogen and oxygen atoms in total. The molecule has 1 fully saturated rings. The summed E-state index contributed by atoms with van der Waals surface area (Å²) >= 11 is 0. The van der Waals surface area contributed by atoms with Crippen LogP contribution in [0.2, 0.25) is 0 Å². The normalized spacial score (nSPS) is 17.2. The van der Waals surface area contributed by atoms with Gasteiger partial charge in [0, 0.05) is 12.1 Å². The smallest absolute Gasteiger partial charge is 0.295 e. The number of aliphatic hydroxyl groups is 1. The molecule has 1 amide bonds. The maximum atomic E-state index is 13.2. The number of ether oxygens (including phenoxy) is 3. The molecule has 35 heavy (non-hydrogen) atoms. The van der Waals surface area contributed by atoms with Gasteiger partial charge < -0.3 is 24.2 Å². The number of aryl methyl sites for hydroxylation is 1. The number of unbranched alkanes of at least 4 members (excludes halogenated alkanes) is 1. The first-order valence-electron chi connectivity index (χ1n) is 12.0. The minimum Gasteiger partial charge on any atom is -0.507 e. The third-order valence-electron chi connectivity index (χ3n) is 6.04. The monoisotopic (exact) mass is 481 g/mol. The number of aliphatic hydroxyl groups excluding tert-OH is 1. The van der Waals surface area contributed by atoms with E-state index in [9.17, 15) is 14.7 Å². The Kier molecular flexibility index (Phi) is 8.43. The van der Waals surface area contributed by atoms with Gasteiger partial charge in [-0.2, -0.15) is 0 Å². The van der Waals surface area contributed by atoms with E-state index >= 15 is 0 Å². The fourth-order valence-electron chi connectivity index (χ4n) is 4.18. The largest absolute Gasteiger partial charge is 0.507 e. The number of likely N-dealkylation sites (tertiary alicyclic amines) is 1. The summed E-state index contributed by atoms with van der Waals surface area (Å²) in [6.07, 6.45) is 1.59. The number of hydrogen-bond acceptors (Lipinski definition) is 6. The Morgan fingerprint density at radius 3 is 2.31 bits per heavy atom. The Morgan fingerprint density at radius 1 is 1.03 bits per heavy atom. The molecule has 7 heteroatoms. The summed E-state index contributed by atoms with van der Waals surface area (Å²) in [5, 5.41) is 11.3. The van der Waals surface area contributed by atoms with Crippen LogP contribution in [-0.2, 0) is 9.59 Å². The highest BCUT2D eigenvalue weighted by atomic mass is 16.5. The van der Waals surface area contributed by atoms with Gasteiger partial charge in [-0.05, 0) is 60.7 Å². The molecule has 1 atom stereocenters. The highest BCUT2D eigenvalue weighted by Crippen LogP contribution is 2.42. The summed E-state index contributed by atoms with van der Waals surface area (Å²) in [7, 11) is 3.07. The number of ketones is 1. The van der Waals surface area contributed by atoms with E-state index in [1.165, 1.54) is 12.0 Å². The Labute approximate surface area is 207 Å². The zero-order chi connectivity index (χ0) is 25.7. The van der Waals surface area contributed by atoms with Crippen LogP contribution in [0.4, 0.5) is 0 Å². The zero-order valence-electron chi connectivity index (χ0n) is 21.4. The number of methoxy groups -OCH3 is 2. The van der Waals surface area contributed by atoms with Crippen molar-refractivity contribution < 1.29 is 28.9 Å². The first-order chi connectivity index (χ1) is 16.7. The molecule has 0 saturated carbocycles. The number of rotatable bonds is 10. The van der Waals surface area contributed by atoms with E-state index in [4.69, 9.17) is 14.2 Å². The maximum absolute atomic E-state index is 13.2. The number of carbonyl (C=O) groups is 2. The van der Waals surface area contributed by atoms with Crippen LogP contribution in [0.1, 0.15) is 56.3 Å². The second kappa shape index (κ2) is 11.3. The van der Waals surface area contributed by atoms with Crippen LogP contribution in [-0.4, -0.2) is 49.1 Å². The quantitative estimate of drug-likeness (QED) is 0.283. The second-order valence-corrected chi connectivity index (χ2v) is 9.15. The average Bonchev–Trinajstić information content (AvgIpc) is 3.10. The summed E-state index contributed by atoms with van der Waals surface area (Å²) < 4.78 is 16.6. The third kappa shape index (κ3) is 5.45. The fourth-order valence-corrected chi connectivity index (χ4v) is 4.18. The lowest BCUT2D eigenvalue weighted by Crippen LogP contribution is -2.30. The zero-order valence-corrected chi connectivity index (χ0v) is 21.4. The third-order valence-corrected chi connectivity index (χ3v) is 6.04. The topological polar surface area (TPSA) is 85.3 Å². The van der Waals surface area contributed by atoms with Gasteiger partial charge >= 0.3 is 0 Å². The molecule has 2 aromatic rings. The number of Topliss-reactive ketones (excluding diaryl/α,β-unsaturated/α-hetero) is 1. The molecule has 1 heterocycles. The van der Waals surface area contributed by atoms with Crippen LogP contribution in [0.5, 0.6) is 17.2 Å². The van der Waals surface area contributed by atoms with Gasteiger partial charge in [0.1, 0.15) is 11.5 Å². The Balaban J connectivity index is 2.12. The molecule has 0 aliphatic carbocycles. The minimum absolute atomic E-state index is 0.0635. The van der Waals surface area contributed by atoms with Gasteiger partial charge in [-0.3, -0.25) is 9.59 Å².